The molecule has 0 aliphatic carbocycles. The smallest absolute Gasteiger partial charge is 0.123 e. The number of aliphatic hydroxyl groups is 1. The molecule has 1 unspecified atom stereocenters. The Morgan fingerprint density at radius 1 is 1.50 bits per heavy atom. The Kier molecular flexibility index (Phi) is 4.26. The number of pyridine rings is 1. The quantitative estimate of drug-likeness (QED) is 0.716. The maximum Gasteiger partial charge on any atom is 0.123 e. The van der Waals surface area contributed by atoms with Gasteiger partial charge in [-0.1, -0.05) is 20.8 Å². The Morgan fingerprint density at radius 2 is 2.19 bits per heavy atom. The minimum Gasteiger partial charge on any atom is -0.395 e. The van der Waals surface area contributed by atoms with Crippen molar-refractivity contribution in [1.82, 2.24) is 10.3 Å². The lowest BCUT2D eigenvalue weighted by Gasteiger charge is -2.30. The number of aromatic nitrogens is 1. The van der Waals surface area contributed by atoms with Gasteiger partial charge in [0.2, 0.25) is 0 Å². The highest BCUT2D eigenvalue weighted by molar-refractivity contribution is 5.31. The summed E-state index contributed by atoms with van der Waals surface area (Å²) in [6.45, 7) is 7.12. The zero-order valence-corrected chi connectivity index (χ0v) is 10.2. The molecule has 1 atom stereocenters. The summed E-state index contributed by atoms with van der Waals surface area (Å²) in [7, 11) is 0. The number of nitrogens with two attached hydrogens (primary N) is 1. The Balaban J connectivity index is 2.56. The fraction of sp³-hybridized carbons (Fsp3) is 0.583. The molecule has 0 saturated heterocycles. The summed E-state index contributed by atoms with van der Waals surface area (Å²) in [5, 5.41) is 12.6. The number of nitrogens with one attached hydrogen (secondary N) is 1. The number of nitrogens with zero attached hydrogens (tertiary/aromatic N) is 1. The third-order valence-corrected chi connectivity index (χ3v) is 2.63. The van der Waals surface area contributed by atoms with Crippen molar-refractivity contribution in [2.75, 3.05) is 12.3 Å². The number of anilines is 1. The number of aliphatic hydroxyl groups excluding tert-OH is 1. The predicted molar refractivity (Wildman–Crippen MR) is 65.8 cm³/mol. The molecule has 0 aliphatic rings. The molecular formula is C12H21N3O. The molecule has 0 fully saturated rings. The van der Waals surface area contributed by atoms with Gasteiger partial charge in [-0.3, -0.25) is 0 Å². The first-order valence-electron chi connectivity index (χ1n) is 5.48. The van der Waals surface area contributed by atoms with E-state index >= 15 is 0 Å². The molecule has 4 nitrogen and oxygen atoms in total. The normalized spacial score (nSPS) is 13.8. The molecular weight excluding hydrogens is 202 g/mol. The second kappa shape index (κ2) is 5.27. The summed E-state index contributed by atoms with van der Waals surface area (Å²) < 4.78 is 0. The summed E-state index contributed by atoms with van der Waals surface area (Å²) in [6.07, 6.45) is 1.69. The molecule has 1 heterocycles. The van der Waals surface area contributed by atoms with E-state index in [-0.39, 0.29) is 18.1 Å². The van der Waals surface area contributed by atoms with Gasteiger partial charge in [0.1, 0.15) is 5.82 Å². The standard InChI is InChI=1S/C12H21N3O/c1-12(2,3)10(8-16)15-7-9-4-5-14-11(13)6-9/h4-6,10,15-16H,7-8H2,1-3H3,(H2,13,14). The molecule has 0 radical (unpaired) electrons. The van der Waals surface area contributed by atoms with E-state index in [4.69, 9.17) is 5.73 Å². The molecule has 0 aromatic carbocycles. The highest BCUT2D eigenvalue weighted by Crippen LogP contribution is 2.19. The molecule has 0 saturated carbocycles. The molecule has 0 spiro atoms. The van der Waals surface area contributed by atoms with E-state index in [0.717, 1.165) is 5.56 Å². The van der Waals surface area contributed by atoms with Crippen LogP contribution in [0.2, 0.25) is 0 Å². The first-order chi connectivity index (χ1) is 7.43. The molecule has 16 heavy (non-hydrogen) atoms. The number of nitrogen functional groups attached to an aromatic ring is 1. The van der Waals surface area contributed by atoms with Crippen LogP contribution in [-0.4, -0.2) is 22.7 Å². The molecule has 0 bridgehead atoms. The Hall–Kier alpha value is -1.13. The van der Waals surface area contributed by atoms with E-state index in [9.17, 15) is 5.11 Å². The van der Waals surface area contributed by atoms with Crippen molar-refractivity contribution in [2.24, 2.45) is 5.41 Å². The van der Waals surface area contributed by atoms with Crippen molar-refractivity contribution < 1.29 is 5.11 Å². The van der Waals surface area contributed by atoms with Gasteiger partial charge in [-0.15, -0.1) is 0 Å². The highest BCUT2D eigenvalue weighted by Gasteiger charge is 2.22. The topological polar surface area (TPSA) is 71.2 Å². The number of hydrogen-bond acceptors (Lipinski definition) is 4. The van der Waals surface area contributed by atoms with E-state index in [2.05, 4.69) is 31.1 Å². The van der Waals surface area contributed by atoms with Crippen LogP contribution in [0.3, 0.4) is 0 Å². The number of hydrogen-bond donors (Lipinski definition) is 3. The van der Waals surface area contributed by atoms with Crippen molar-refractivity contribution in [3.8, 4) is 0 Å². The van der Waals surface area contributed by atoms with Crippen LogP contribution in [0.15, 0.2) is 18.3 Å². The maximum atomic E-state index is 9.29. The van der Waals surface area contributed by atoms with Gasteiger partial charge in [0.15, 0.2) is 0 Å². The number of rotatable bonds is 4. The molecule has 4 heteroatoms. The van der Waals surface area contributed by atoms with Gasteiger partial charge in [-0.25, -0.2) is 4.98 Å². The lowest BCUT2D eigenvalue weighted by molar-refractivity contribution is 0.158. The SMILES string of the molecule is CC(C)(C)C(CO)NCc1ccnc(N)c1. The summed E-state index contributed by atoms with van der Waals surface area (Å²) >= 11 is 0. The summed E-state index contributed by atoms with van der Waals surface area (Å²) in [6, 6.07) is 3.83. The molecule has 1 rings (SSSR count). The highest BCUT2D eigenvalue weighted by atomic mass is 16.3. The average Bonchev–Trinajstić information content (AvgIpc) is 2.16. The second-order valence-electron chi connectivity index (χ2n) is 5.07. The first kappa shape index (κ1) is 12.9. The van der Waals surface area contributed by atoms with Crippen molar-refractivity contribution in [1.29, 1.82) is 0 Å². The van der Waals surface area contributed by atoms with Crippen LogP contribution in [0.25, 0.3) is 0 Å². The first-order valence-corrected chi connectivity index (χ1v) is 5.48. The minimum atomic E-state index is 0.0350. The van der Waals surface area contributed by atoms with Crippen LogP contribution in [0.4, 0.5) is 5.82 Å². The van der Waals surface area contributed by atoms with E-state index in [1.54, 1.807) is 6.20 Å². The van der Waals surface area contributed by atoms with E-state index in [1.165, 1.54) is 0 Å². The van der Waals surface area contributed by atoms with Crippen LogP contribution in [0.5, 0.6) is 0 Å². The van der Waals surface area contributed by atoms with Crippen LogP contribution >= 0.6 is 0 Å². The van der Waals surface area contributed by atoms with Gasteiger partial charge < -0.3 is 16.2 Å². The summed E-state index contributed by atoms with van der Waals surface area (Å²) in [4.78, 5) is 3.94. The molecule has 0 amide bonds. The van der Waals surface area contributed by atoms with Crippen LogP contribution in [-0.2, 0) is 6.54 Å². The van der Waals surface area contributed by atoms with Crippen molar-refractivity contribution in [3.63, 3.8) is 0 Å². The fourth-order valence-corrected chi connectivity index (χ4v) is 1.49. The van der Waals surface area contributed by atoms with Gasteiger partial charge in [0, 0.05) is 18.8 Å². The van der Waals surface area contributed by atoms with Crippen molar-refractivity contribution >= 4 is 5.82 Å². The molecule has 90 valence electrons. The van der Waals surface area contributed by atoms with Gasteiger partial charge in [0.25, 0.3) is 0 Å². The molecule has 4 N–H and O–H groups in total. The third-order valence-electron chi connectivity index (χ3n) is 2.63. The van der Waals surface area contributed by atoms with Gasteiger partial charge in [-0.2, -0.15) is 0 Å². The zero-order valence-electron chi connectivity index (χ0n) is 10.2. The van der Waals surface area contributed by atoms with Crippen LogP contribution < -0.4 is 11.1 Å². The van der Waals surface area contributed by atoms with Crippen LogP contribution in [0, 0.1) is 5.41 Å². The summed E-state index contributed by atoms with van der Waals surface area (Å²) in [5.41, 5.74) is 6.71. The monoisotopic (exact) mass is 223 g/mol. The fourth-order valence-electron chi connectivity index (χ4n) is 1.49. The predicted octanol–water partition coefficient (Wildman–Crippen LogP) is 1.16. The average molecular weight is 223 g/mol. The molecule has 1 aromatic heterocycles. The Labute approximate surface area is 96.9 Å². The minimum absolute atomic E-state index is 0.0350. The molecule has 1 aromatic rings. The van der Waals surface area contributed by atoms with Crippen molar-refractivity contribution in [3.05, 3.63) is 23.9 Å². The second-order valence-corrected chi connectivity index (χ2v) is 5.07. The largest absolute Gasteiger partial charge is 0.395 e. The maximum absolute atomic E-state index is 9.29. The molecule has 0 aliphatic heterocycles. The van der Waals surface area contributed by atoms with Crippen molar-refractivity contribution in [2.45, 2.75) is 33.4 Å². The lowest BCUT2D eigenvalue weighted by atomic mass is 9.87. The van der Waals surface area contributed by atoms with E-state index < -0.39 is 0 Å². The van der Waals surface area contributed by atoms with Gasteiger partial charge >= 0.3 is 0 Å². The van der Waals surface area contributed by atoms with E-state index in [1.807, 2.05) is 12.1 Å². The Morgan fingerprint density at radius 3 is 2.69 bits per heavy atom. The lowest BCUT2D eigenvalue weighted by Crippen LogP contribution is -2.42. The van der Waals surface area contributed by atoms with Gasteiger partial charge in [0.05, 0.1) is 6.61 Å². The Bertz CT molecular complexity index is 333. The third kappa shape index (κ3) is 3.79. The summed E-state index contributed by atoms with van der Waals surface area (Å²) in [5.74, 6) is 0.524. The van der Waals surface area contributed by atoms with E-state index in [0.29, 0.717) is 12.4 Å². The van der Waals surface area contributed by atoms with Crippen LogP contribution in [0.1, 0.15) is 26.3 Å². The zero-order chi connectivity index (χ0) is 12.2. The van der Waals surface area contributed by atoms with Gasteiger partial charge in [-0.05, 0) is 23.1 Å².